The molecule has 2 unspecified atom stereocenters. The first kappa shape index (κ1) is 14.8. The summed E-state index contributed by atoms with van der Waals surface area (Å²) in [4.78, 5) is 2.24. The van der Waals surface area contributed by atoms with E-state index in [-0.39, 0.29) is 12.1 Å². The van der Waals surface area contributed by atoms with Crippen molar-refractivity contribution in [1.29, 1.82) is 0 Å². The molecule has 0 aliphatic rings. The lowest BCUT2D eigenvalue weighted by Crippen LogP contribution is -2.46. The van der Waals surface area contributed by atoms with E-state index in [0.717, 1.165) is 19.6 Å². The molecule has 0 amide bonds. The molecule has 4 nitrogen and oxygen atoms in total. The number of rotatable bonds is 8. The van der Waals surface area contributed by atoms with Crippen LogP contribution in [0, 0.1) is 0 Å². The molecule has 0 saturated carbocycles. The normalized spacial score (nSPS) is 17.8. The van der Waals surface area contributed by atoms with Crippen molar-refractivity contribution in [3.63, 3.8) is 0 Å². The molecule has 0 aromatic rings. The first-order chi connectivity index (χ1) is 6.99. The van der Waals surface area contributed by atoms with E-state index in [0.29, 0.717) is 6.04 Å². The van der Waals surface area contributed by atoms with E-state index in [2.05, 4.69) is 24.2 Å². The molecule has 0 aromatic carbocycles. The van der Waals surface area contributed by atoms with Gasteiger partial charge in [-0.1, -0.05) is 0 Å². The maximum absolute atomic E-state index is 9.23. The molecule has 0 aromatic heterocycles. The van der Waals surface area contributed by atoms with Gasteiger partial charge in [-0.15, -0.1) is 0 Å². The van der Waals surface area contributed by atoms with Gasteiger partial charge >= 0.3 is 0 Å². The molecule has 0 aliphatic carbocycles. The second kappa shape index (κ2) is 7.17. The zero-order chi connectivity index (χ0) is 11.9. The van der Waals surface area contributed by atoms with Crippen LogP contribution in [0.2, 0.25) is 0 Å². The van der Waals surface area contributed by atoms with E-state index in [1.807, 2.05) is 14.0 Å². The topological polar surface area (TPSA) is 44.7 Å². The molecule has 0 fully saturated rings. The first-order valence-electron chi connectivity index (χ1n) is 5.48. The number of likely N-dealkylation sites (N-methyl/N-ethyl adjacent to an activating group) is 2. The highest BCUT2D eigenvalue weighted by Gasteiger charge is 2.21. The maximum atomic E-state index is 9.23. The van der Waals surface area contributed by atoms with Crippen LogP contribution in [0.4, 0.5) is 0 Å². The molecular weight excluding hydrogens is 192 g/mol. The lowest BCUT2D eigenvalue weighted by molar-refractivity contribution is 0.100. The van der Waals surface area contributed by atoms with Crippen molar-refractivity contribution in [3.05, 3.63) is 0 Å². The summed E-state index contributed by atoms with van der Waals surface area (Å²) in [5.74, 6) is 0. The minimum absolute atomic E-state index is 0.163. The van der Waals surface area contributed by atoms with Gasteiger partial charge in [0.1, 0.15) is 0 Å². The van der Waals surface area contributed by atoms with Gasteiger partial charge in [-0.05, 0) is 34.4 Å². The van der Waals surface area contributed by atoms with Gasteiger partial charge in [-0.25, -0.2) is 0 Å². The summed E-state index contributed by atoms with van der Waals surface area (Å²) in [6.07, 6.45) is 0.921. The van der Waals surface area contributed by atoms with E-state index in [9.17, 15) is 5.11 Å². The minimum atomic E-state index is -0.180. The Bertz CT molecular complexity index is 161. The van der Waals surface area contributed by atoms with Crippen LogP contribution < -0.4 is 5.32 Å². The molecular formula is C11H26N2O2. The van der Waals surface area contributed by atoms with Gasteiger partial charge in [0.15, 0.2) is 0 Å². The second-order valence-electron chi connectivity index (χ2n) is 4.50. The highest BCUT2D eigenvalue weighted by molar-refractivity contribution is 4.82. The standard InChI is InChI=1S/C11H26N2O2/c1-10(8-15-5)13(4)7-6-11(2,9-14)12-3/h10,12,14H,6-9H2,1-5H3. The van der Waals surface area contributed by atoms with E-state index < -0.39 is 0 Å². The number of nitrogens with one attached hydrogen (secondary N) is 1. The van der Waals surface area contributed by atoms with Crippen LogP contribution >= 0.6 is 0 Å². The largest absolute Gasteiger partial charge is 0.394 e. The van der Waals surface area contributed by atoms with Gasteiger partial charge in [0, 0.05) is 25.2 Å². The quantitative estimate of drug-likeness (QED) is 0.615. The number of aliphatic hydroxyl groups is 1. The molecule has 2 atom stereocenters. The zero-order valence-electron chi connectivity index (χ0n) is 10.7. The van der Waals surface area contributed by atoms with E-state index in [4.69, 9.17) is 4.74 Å². The average molecular weight is 218 g/mol. The number of hydrogen-bond acceptors (Lipinski definition) is 4. The Labute approximate surface area is 93.6 Å². The summed E-state index contributed by atoms with van der Waals surface area (Å²) in [5.41, 5.74) is -0.180. The van der Waals surface area contributed by atoms with Crippen molar-refractivity contribution in [2.45, 2.75) is 31.8 Å². The van der Waals surface area contributed by atoms with Crippen LogP contribution in [0.1, 0.15) is 20.3 Å². The van der Waals surface area contributed by atoms with Gasteiger partial charge in [0.25, 0.3) is 0 Å². The highest BCUT2D eigenvalue weighted by atomic mass is 16.5. The second-order valence-corrected chi connectivity index (χ2v) is 4.50. The van der Waals surface area contributed by atoms with Crippen molar-refractivity contribution in [2.24, 2.45) is 0 Å². The Morgan fingerprint density at radius 1 is 1.53 bits per heavy atom. The Morgan fingerprint density at radius 3 is 2.53 bits per heavy atom. The third-order valence-corrected chi connectivity index (χ3v) is 3.13. The summed E-state index contributed by atoms with van der Waals surface area (Å²) < 4.78 is 5.10. The Kier molecular flexibility index (Phi) is 7.09. The van der Waals surface area contributed by atoms with E-state index in [1.165, 1.54) is 0 Å². The van der Waals surface area contributed by atoms with Crippen LogP contribution in [0.15, 0.2) is 0 Å². The molecule has 0 aliphatic heterocycles. The van der Waals surface area contributed by atoms with Gasteiger partial charge in [-0.3, -0.25) is 0 Å². The lowest BCUT2D eigenvalue weighted by atomic mass is 9.99. The molecule has 2 N–H and O–H groups in total. The number of hydrogen-bond donors (Lipinski definition) is 2. The fraction of sp³-hybridized carbons (Fsp3) is 1.00. The van der Waals surface area contributed by atoms with Crippen LogP contribution in [0.25, 0.3) is 0 Å². The monoisotopic (exact) mass is 218 g/mol. The van der Waals surface area contributed by atoms with Gasteiger partial charge in [-0.2, -0.15) is 0 Å². The third kappa shape index (κ3) is 5.47. The van der Waals surface area contributed by atoms with Crippen LogP contribution in [0.3, 0.4) is 0 Å². The maximum Gasteiger partial charge on any atom is 0.0615 e. The summed E-state index contributed by atoms with van der Waals surface area (Å²) in [5, 5.41) is 12.4. The molecule has 0 rings (SSSR count). The lowest BCUT2D eigenvalue weighted by Gasteiger charge is -2.31. The molecule has 0 saturated heterocycles. The number of nitrogens with zero attached hydrogens (tertiary/aromatic N) is 1. The Morgan fingerprint density at radius 2 is 2.13 bits per heavy atom. The van der Waals surface area contributed by atoms with Crippen LogP contribution in [-0.4, -0.2) is 62.6 Å². The number of methoxy groups -OCH3 is 1. The SMILES string of the molecule is CNC(C)(CO)CCN(C)C(C)COC. The summed E-state index contributed by atoms with van der Waals surface area (Å²) >= 11 is 0. The molecule has 4 heteroatoms. The van der Waals surface area contributed by atoms with Crippen molar-refractivity contribution < 1.29 is 9.84 Å². The molecule has 92 valence electrons. The summed E-state index contributed by atoms with van der Waals surface area (Å²) in [7, 11) is 5.68. The summed E-state index contributed by atoms with van der Waals surface area (Å²) in [6.45, 7) is 6.02. The predicted molar refractivity (Wildman–Crippen MR) is 63.1 cm³/mol. The fourth-order valence-corrected chi connectivity index (χ4v) is 1.30. The smallest absolute Gasteiger partial charge is 0.0615 e. The molecule has 15 heavy (non-hydrogen) atoms. The van der Waals surface area contributed by atoms with Gasteiger partial charge in [0.05, 0.1) is 13.2 Å². The minimum Gasteiger partial charge on any atom is -0.394 e. The predicted octanol–water partition coefficient (Wildman–Crippen LogP) is 0.314. The van der Waals surface area contributed by atoms with Gasteiger partial charge in [0.2, 0.25) is 0 Å². The van der Waals surface area contributed by atoms with E-state index >= 15 is 0 Å². The van der Waals surface area contributed by atoms with Gasteiger partial charge < -0.3 is 20.1 Å². The Hall–Kier alpha value is -0.160. The van der Waals surface area contributed by atoms with Crippen molar-refractivity contribution in [3.8, 4) is 0 Å². The molecule has 0 heterocycles. The average Bonchev–Trinajstić information content (AvgIpc) is 2.25. The first-order valence-corrected chi connectivity index (χ1v) is 5.48. The third-order valence-electron chi connectivity index (χ3n) is 3.13. The van der Waals surface area contributed by atoms with Crippen molar-refractivity contribution in [1.82, 2.24) is 10.2 Å². The van der Waals surface area contributed by atoms with Crippen LogP contribution in [0.5, 0.6) is 0 Å². The van der Waals surface area contributed by atoms with Crippen molar-refractivity contribution >= 4 is 0 Å². The highest BCUT2D eigenvalue weighted by Crippen LogP contribution is 2.09. The molecule has 0 bridgehead atoms. The Balaban J connectivity index is 3.92. The van der Waals surface area contributed by atoms with Crippen molar-refractivity contribution in [2.75, 3.05) is 41.0 Å². The fourth-order valence-electron chi connectivity index (χ4n) is 1.30. The number of ether oxygens (including phenoxy) is 1. The zero-order valence-corrected chi connectivity index (χ0v) is 10.7. The van der Waals surface area contributed by atoms with E-state index in [1.54, 1.807) is 7.11 Å². The molecule has 0 spiro atoms. The number of aliphatic hydroxyl groups excluding tert-OH is 1. The van der Waals surface area contributed by atoms with Crippen LogP contribution in [-0.2, 0) is 4.74 Å². The molecule has 0 radical (unpaired) electrons. The summed E-state index contributed by atoms with van der Waals surface area (Å²) in [6, 6.07) is 0.412.